The number of para-hydroxylation sites is 1. The lowest BCUT2D eigenvalue weighted by molar-refractivity contribution is 0.273. The summed E-state index contributed by atoms with van der Waals surface area (Å²) in [6.07, 6.45) is 4.88. The Balaban J connectivity index is 1.83. The molecule has 1 aliphatic heterocycles. The zero-order chi connectivity index (χ0) is 21.1. The van der Waals surface area contributed by atoms with Crippen LogP contribution in [0.3, 0.4) is 0 Å². The van der Waals surface area contributed by atoms with E-state index < -0.39 is 0 Å². The first-order valence-electron chi connectivity index (χ1n) is 10.8. The van der Waals surface area contributed by atoms with Crippen molar-refractivity contribution in [3.8, 4) is 11.6 Å². The van der Waals surface area contributed by atoms with E-state index in [0.717, 1.165) is 42.6 Å². The molecule has 1 fully saturated rings. The predicted molar refractivity (Wildman–Crippen MR) is 123 cm³/mol. The minimum atomic E-state index is -0.214. The Bertz CT molecular complexity index is 1130. The van der Waals surface area contributed by atoms with Crippen LogP contribution >= 0.6 is 0 Å². The summed E-state index contributed by atoms with van der Waals surface area (Å²) >= 11 is 0. The van der Waals surface area contributed by atoms with Crippen LogP contribution in [0.1, 0.15) is 37.8 Å². The Morgan fingerprint density at radius 3 is 2.60 bits per heavy atom. The van der Waals surface area contributed by atoms with E-state index >= 15 is 0 Å². The highest BCUT2D eigenvalue weighted by Crippen LogP contribution is 2.27. The van der Waals surface area contributed by atoms with Gasteiger partial charge in [0.05, 0.1) is 17.8 Å². The number of likely N-dealkylation sites (tertiary alicyclic amines) is 1. The Morgan fingerprint density at radius 2 is 1.83 bits per heavy atom. The number of hydrogen-bond donors (Lipinski definition) is 1. The van der Waals surface area contributed by atoms with Crippen molar-refractivity contribution in [1.29, 1.82) is 0 Å². The molecule has 156 valence electrons. The van der Waals surface area contributed by atoms with Crippen molar-refractivity contribution >= 4 is 17.0 Å². The van der Waals surface area contributed by atoms with E-state index in [-0.39, 0.29) is 11.4 Å². The second-order valence-electron chi connectivity index (χ2n) is 7.82. The molecule has 0 amide bonds. The first-order chi connectivity index (χ1) is 14.7. The summed E-state index contributed by atoms with van der Waals surface area (Å²) in [5, 5.41) is 12.5. The zero-order valence-electron chi connectivity index (χ0n) is 17.7. The molecule has 2 heterocycles. The van der Waals surface area contributed by atoms with Crippen LogP contribution in [0, 0.1) is 0 Å². The van der Waals surface area contributed by atoms with E-state index in [2.05, 4.69) is 11.8 Å². The van der Waals surface area contributed by atoms with Crippen LogP contribution in [0.5, 0.6) is 5.88 Å². The molecule has 1 aromatic heterocycles. The van der Waals surface area contributed by atoms with Crippen molar-refractivity contribution in [2.24, 2.45) is 4.99 Å². The van der Waals surface area contributed by atoms with Crippen LogP contribution in [-0.2, 0) is 6.42 Å². The summed E-state index contributed by atoms with van der Waals surface area (Å²) in [4.78, 5) is 20.4. The monoisotopic (exact) mass is 403 g/mol. The molecule has 0 unspecified atom stereocenters. The van der Waals surface area contributed by atoms with Crippen molar-refractivity contribution in [2.45, 2.75) is 39.2 Å². The van der Waals surface area contributed by atoms with Crippen LogP contribution in [0.2, 0.25) is 0 Å². The summed E-state index contributed by atoms with van der Waals surface area (Å²) in [6, 6.07) is 15.6. The largest absolute Gasteiger partial charge is 0.494 e. The van der Waals surface area contributed by atoms with Gasteiger partial charge in [-0.3, -0.25) is 14.7 Å². The average molecular weight is 404 g/mol. The van der Waals surface area contributed by atoms with Crippen molar-refractivity contribution in [2.75, 3.05) is 19.6 Å². The number of aliphatic imine (C=N–C) groups is 1. The van der Waals surface area contributed by atoms with Gasteiger partial charge >= 0.3 is 0 Å². The fourth-order valence-corrected chi connectivity index (χ4v) is 4.52. The van der Waals surface area contributed by atoms with Crippen LogP contribution < -0.4 is 5.56 Å². The van der Waals surface area contributed by atoms with Crippen molar-refractivity contribution in [3.63, 3.8) is 0 Å². The first-order valence-corrected chi connectivity index (χ1v) is 10.8. The highest BCUT2D eigenvalue weighted by molar-refractivity contribution is 6.01. The van der Waals surface area contributed by atoms with Gasteiger partial charge in [-0.25, -0.2) is 4.57 Å². The SMILES string of the molecule is CCc1ccccc1-n1c(O)c(C=NC[C@H]2CCCN2CC)c2ccccc2c1=O. The smallest absolute Gasteiger partial charge is 0.265 e. The second kappa shape index (κ2) is 8.84. The Kier molecular flexibility index (Phi) is 6.00. The third-order valence-electron chi connectivity index (χ3n) is 6.16. The lowest BCUT2D eigenvalue weighted by atomic mass is 10.1. The van der Waals surface area contributed by atoms with E-state index in [1.807, 2.05) is 55.5 Å². The number of pyridine rings is 1. The number of likely N-dealkylation sites (N-methyl/N-ethyl adjacent to an activating group) is 1. The summed E-state index contributed by atoms with van der Waals surface area (Å²) in [6.45, 7) is 7.09. The second-order valence-corrected chi connectivity index (χ2v) is 7.82. The molecule has 5 nitrogen and oxygen atoms in total. The molecule has 0 spiro atoms. The number of aromatic hydroxyl groups is 1. The summed E-state index contributed by atoms with van der Waals surface area (Å²) in [7, 11) is 0. The van der Waals surface area contributed by atoms with E-state index in [1.54, 1.807) is 6.21 Å². The van der Waals surface area contributed by atoms with Gasteiger partial charge in [-0.05, 0) is 50.0 Å². The molecule has 1 atom stereocenters. The normalized spacial score (nSPS) is 17.3. The molecule has 1 N–H and O–H groups in total. The Morgan fingerprint density at radius 1 is 1.10 bits per heavy atom. The van der Waals surface area contributed by atoms with Crippen LogP contribution in [-0.4, -0.2) is 46.5 Å². The van der Waals surface area contributed by atoms with E-state index in [1.165, 1.54) is 11.0 Å². The number of aromatic nitrogens is 1. The average Bonchev–Trinajstić information content (AvgIpc) is 3.24. The third kappa shape index (κ3) is 3.65. The molecular weight excluding hydrogens is 374 g/mol. The van der Waals surface area contributed by atoms with Crippen molar-refractivity contribution in [1.82, 2.24) is 9.47 Å². The lowest BCUT2D eigenvalue weighted by Crippen LogP contribution is -2.31. The zero-order valence-corrected chi connectivity index (χ0v) is 17.7. The minimum absolute atomic E-state index is 0.0536. The molecule has 1 saturated heterocycles. The topological polar surface area (TPSA) is 57.8 Å². The minimum Gasteiger partial charge on any atom is -0.494 e. The van der Waals surface area contributed by atoms with E-state index in [0.29, 0.717) is 23.5 Å². The van der Waals surface area contributed by atoms with Gasteiger partial charge in [-0.1, -0.05) is 50.2 Å². The van der Waals surface area contributed by atoms with Gasteiger partial charge < -0.3 is 5.11 Å². The van der Waals surface area contributed by atoms with Crippen LogP contribution in [0.25, 0.3) is 16.5 Å². The maximum absolute atomic E-state index is 13.3. The predicted octanol–water partition coefficient (Wildman–Crippen LogP) is 4.16. The molecule has 1 aliphatic rings. The third-order valence-corrected chi connectivity index (χ3v) is 6.16. The fraction of sp³-hybridized carbons (Fsp3) is 0.360. The van der Waals surface area contributed by atoms with Gasteiger partial charge in [0.1, 0.15) is 0 Å². The maximum atomic E-state index is 13.3. The summed E-state index contributed by atoms with van der Waals surface area (Å²) in [5.41, 5.74) is 2.11. The molecule has 5 heteroatoms. The number of nitrogens with zero attached hydrogens (tertiary/aromatic N) is 3. The molecule has 0 saturated carbocycles. The molecule has 0 bridgehead atoms. The fourth-order valence-electron chi connectivity index (χ4n) is 4.52. The standard InChI is InChI=1S/C25H29N3O2/c1-3-18-10-5-8-14-23(18)28-24(29)21-13-7-6-12-20(21)22(25(28)30)17-26-16-19-11-9-15-27(19)4-2/h5-8,10,12-14,17,19,30H,3-4,9,11,15-16H2,1-2H3/t19-/m1/s1. The van der Waals surface area contributed by atoms with Gasteiger partial charge in [0.25, 0.3) is 5.56 Å². The molecule has 3 aromatic rings. The molecule has 0 aliphatic carbocycles. The number of benzene rings is 2. The number of rotatable bonds is 6. The Labute approximate surface area is 177 Å². The van der Waals surface area contributed by atoms with Gasteiger partial charge in [0.2, 0.25) is 5.88 Å². The van der Waals surface area contributed by atoms with E-state index in [9.17, 15) is 9.90 Å². The van der Waals surface area contributed by atoms with Gasteiger partial charge in [-0.15, -0.1) is 0 Å². The molecular formula is C25H29N3O2. The van der Waals surface area contributed by atoms with Crippen LogP contribution in [0.4, 0.5) is 0 Å². The van der Waals surface area contributed by atoms with Gasteiger partial charge in [-0.2, -0.15) is 0 Å². The summed E-state index contributed by atoms with van der Waals surface area (Å²) < 4.78 is 1.43. The number of aryl methyl sites for hydroxylation is 1. The van der Waals surface area contributed by atoms with Crippen LogP contribution in [0.15, 0.2) is 58.3 Å². The molecule has 4 rings (SSSR count). The van der Waals surface area contributed by atoms with Gasteiger partial charge in [0, 0.05) is 23.0 Å². The van der Waals surface area contributed by atoms with Crippen molar-refractivity contribution < 1.29 is 5.11 Å². The van der Waals surface area contributed by atoms with E-state index in [4.69, 9.17) is 4.99 Å². The lowest BCUT2D eigenvalue weighted by Gasteiger charge is -2.20. The highest BCUT2D eigenvalue weighted by atomic mass is 16.3. The number of fused-ring (bicyclic) bond motifs is 1. The quantitative estimate of drug-likeness (QED) is 0.629. The molecule has 0 radical (unpaired) electrons. The highest BCUT2D eigenvalue weighted by Gasteiger charge is 2.22. The van der Waals surface area contributed by atoms with Gasteiger partial charge in [0.15, 0.2) is 0 Å². The van der Waals surface area contributed by atoms with Crippen molar-refractivity contribution in [3.05, 3.63) is 70.0 Å². The summed E-state index contributed by atoms with van der Waals surface area (Å²) in [5.74, 6) is -0.0536. The molecule has 2 aromatic carbocycles. The maximum Gasteiger partial charge on any atom is 0.265 e. The molecule has 30 heavy (non-hydrogen) atoms. The number of hydrogen-bond acceptors (Lipinski definition) is 4. The Hall–Kier alpha value is -2.92. The first kappa shape index (κ1) is 20.4.